The van der Waals surface area contributed by atoms with Gasteiger partial charge in [-0.25, -0.2) is 15.0 Å². The van der Waals surface area contributed by atoms with Crippen LogP contribution >= 0.6 is 0 Å². The molecule has 6 heteroatoms. The fourth-order valence-electron chi connectivity index (χ4n) is 11.9. The molecule has 3 aromatic heterocycles. The molecule has 0 spiro atoms. The highest BCUT2D eigenvalue weighted by molar-refractivity contribution is 6.23. The lowest BCUT2D eigenvalue weighted by molar-refractivity contribution is 0.630. The Hall–Kier alpha value is -9.91. The van der Waals surface area contributed by atoms with Gasteiger partial charge in [-0.3, -0.25) is 0 Å². The van der Waals surface area contributed by atoms with E-state index in [0.717, 1.165) is 77.9 Å². The minimum atomic E-state index is -0.462. The Bertz CT molecular complexity index is 4560. The van der Waals surface area contributed by atoms with Gasteiger partial charge in [0.15, 0.2) is 23.1 Å². The highest BCUT2D eigenvalue weighted by Crippen LogP contribution is 2.53. The zero-order chi connectivity index (χ0) is 50.5. The molecule has 0 fully saturated rings. The minimum Gasteiger partial charge on any atom is -0.454 e. The summed E-state index contributed by atoms with van der Waals surface area (Å²) in [6.07, 6.45) is 0. The first-order valence-corrected chi connectivity index (χ1v) is 25.9. The maximum atomic E-state index is 6.91. The SMILES string of the molecule is CC1(C)c2cc(-c3cccc(-c4nc(-c5ccccc5)nc(-c5ccccc5)n4)c3)ccc2-n2c3ccc4ccccc4c3c3cc(N(c4ccccc4-c4ccccc4)c4cccc5c4oc4ccccc45)cc1c32. The van der Waals surface area contributed by atoms with Gasteiger partial charge in [0, 0.05) is 54.9 Å². The maximum Gasteiger partial charge on any atom is 0.164 e. The van der Waals surface area contributed by atoms with Gasteiger partial charge in [-0.2, -0.15) is 0 Å². The summed E-state index contributed by atoms with van der Waals surface area (Å²) >= 11 is 0. The van der Waals surface area contributed by atoms with Crippen LogP contribution in [0.25, 0.3) is 117 Å². The number of fused-ring (bicyclic) bond motifs is 10. The molecule has 1 aliphatic rings. The molecule has 6 nitrogen and oxygen atoms in total. The molecule has 0 aliphatic carbocycles. The average Bonchev–Trinajstić information content (AvgIpc) is 4.23. The molecule has 0 radical (unpaired) electrons. The summed E-state index contributed by atoms with van der Waals surface area (Å²) in [5.41, 5.74) is 17.6. The maximum absolute atomic E-state index is 6.91. The summed E-state index contributed by atoms with van der Waals surface area (Å²) in [6.45, 7) is 4.79. The van der Waals surface area contributed by atoms with Gasteiger partial charge in [0.25, 0.3) is 0 Å². The molecule has 11 aromatic carbocycles. The van der Waals surface area contributed by atoms with Crippen LogP contribution in [0.15, 0.2) is 253 Å². The zero-order valence-corrected chi connectivity index (χ0v) is 41.8. The third-order valence-corrected chi connectivity index (χ3v) is 15.6. The summed E-state index contributed by atoms with van der Waals surface area (Å²) < 4.78 is 9.44. The van der Waals surface area contributed by atoms with E-state index in [1.54, 1.807) is 0 Å². The number of aromatic nitrogens is 4. The Morgan fingerprint density at radius 2 is 0.987 bits per heavy atom. The van der Waals surface area contributed by atoms with Crippen LogP contribution < -0.4 is 4.90 Å². The number of rotatable bonds is 8. The van der Waals surface area contributed by atoms with Gasteiger partial charge in [0.1, 0.15) is 5.58 Å². The zero-order valence-electron chi connectivity index (χ0n) is 41.8. The van der Waals surface area contributed by atoms with Crippen LogP contribution in [0.5, 0.6) is 0 Å². The lowest BCUT2D eigenvalue weighted by atomic mass is 9.73. The Morgan fingerprint density at radius 1 is 0.408 bits per heavy atom. The van der Waals surface area contributed by atoms with E-state index in [1.807, 2.05) is 66.7 Å². The Morgan fingerprint density at radius 3 is 1.75 bits per heavy atom. The standard InChI is InChI=1S/C70H47N5O/c1-70(2)57-41-49(48-27-18-28-50(40-48)69-72-67(46-23-8-4-9-24-46)71-68(73-69)47-25-10-5-11-26-47)37-38-60(57)75-61-39-36-45-22-12-13-30-53(45)64(61)56-42-51(43-58(70)65(56)75)74(59-33-16-14-29-52(59)44-20-6-3-7-21-44)62-34-19-32-55-54-31-15-17-35-63(54)76-66(55)62/h3-43H,1-2H3. The van der Waals surface area contributed by atoms with Crippen molar-refractivity contribution in [3.63, 3.8) is 0 Å². The van der Waals surface area contributed by atoms with E-state index in [4.69, 9.17) is 19.4 Å². The van der Waals surface area contributed by atoms with Crippen molar-refractivity contribution in [1.29, 1.82) is 0 Å². The fourth-order valence-corrected chi connectivity index (χ4v) is 11.9. The first-order chi connectivity index (χ1) is 37.4. The minimum absolute atomic E-state index is 0.462. The van der Waals surface area contributed by atoms with E-state index in [1.165, 1.54) is 49.4 Å². The van der Waals surface area contributed by atoms with Crippen molar-refractivity contribution in [1.82, 2.24) is 19.5 Å². The molecule has 0 saturated heterocycles. The topological polar surface area (TPSA) is 60.0 Å². The second-order valence-electron chi connectivity index (χ2n) is 20.4. The van der Waals surface area contributed by atoms with Crippen LogP contribution in [-0.2, 0) is 5.41 Å². The Kier molecular flexibility index (Phi) is 9.81. The number of para-hydroxylation sites is 3. The van der Waals surface area contributed by atoms with Crippen molar-refractivity contribution in [2.45, 2.75) is 19.3 Å². The Labute approximate surface area is 439 Å². The first-order valence-electron chi connectivity index (χ1n) is 25.9. The van der Waals surface area contributed by atoms with Gasteiger partial charge in [-0.05, 0) is 93.2 Å². The highest BCUT2D eigenvalue weighted by atomic mass is 16.3. The molecule has 0 unspecified atom stereocenters. The van der Waals surface area contributed by atoms with Crippen molar-refractivity contribution in [3.8, 4) is 62.1 Å². The van der Waals surface area contributed by atoms with E-state index >= 15 is 0 Å². The van der Waals surface area contributed by atoms with Gasteiger partial charge in [-0.1, -0.05) is 208 Å². The highest BCUT2D eigenvalue weighted by Gasteiger charge is 2.37. The average molecular weight is 974 g/mol. The molecular formula is C70H47N5O. The summed E-state index contributed by atoms with van der Waals surface area (Å²) in [4.78, 5) is 17.6. The summed E-state index contributed by atoms with van der Waals surface area (Å²) in [6, 6.07) is 88.7. The van der Waals surface area contributed by atoms with Crippen molar-refractivity contribution < 1.29 is 4.42 Å². The van der Waals surface area contributed by atoms with Crippen molar-refractivity contribution >= 4 is 71.6 Å². The lowest BCUT2D eigenvalue weighted by Crippen LogP contribution is -2.27. The molecule has 0 bridgehead atoms. The number of furan rings is 1. The molecule has 76 heavy (non-hydrogen) atoms. The third kappa shape index (κ3) is 6.84. The number of hydrogen-bond donors (Lipinski definition) is 0. The second-order valence-corrected chi connectivity index (χ2v) is 20.4. The molecule has 0 N–H and O–H groups in total. The van der Waals surface area contributed by atoms with Gasteiger partial charge in [0.2, 0.25) is 0 Å². The third-order valence-electron chi connectivity index (χ3n) is 15.6. The summed E-state index contributed by atoms with van der Waals surface area (Å²) in [7, 11) is 0. The molecule has 0 atom stereocenters. The first kappa shape index (κ1) is 43.7. The summed E-state index contributed by atoms with van der Waals surface area (Å²) in [5.74, 6) is 1.90. The molecule has 358 valence electrons. The molecule has 15 rings (SSSR count). The van der Waals surface area contributed by atoms with E-state index in [0.29, 0.717) is 17.5 Å². The van der Waals surface area contributed by atoms with Crippen LogP contribution in [-0.4, -0.2) is 19.5 Å². The number of anilines is 3. The van der Waals surface area contributed by atoms with Crippen LogP contribution in [0.3, 0.4) is 0 Å². The number of hydrogen-bond acceptors (Lipinski definition) is 5. The predicted octanol–water partition coefficient (Wildman–Crippen LogP) is 18.5. The molecule has 0 saturated carbocycles. The van der Waals surface area contributed by atoms with E-state index in [-0.39, 0.29) is 0 Å². The fraction of sp³-hybridized carbons (Fsp3) is 0.0429. The van der Waals surface area contributed by atoms with Gasteiger partial charge in [-0.15, -0.1) is 0 Å². The molecular weight excluding hydrogens is 927 g/mol. The quantitative estimate of drug-likeness (QED) is 0.152. The molecule has 1 aliphatic heterocycles. The lowest BCUT2D eigenvalue weighted by Gasteiger charge is -2.36. The number of benzene rings is 11. The van der Waals surface area contributed by atoms with E-state index < -0.39 is 5.41 Å². The van der Waals surface area contributed by atoms with E-state index in [2.05, 4.69) is 205 Å². The monoisotopic (exact) mass is 973 g/mol. The van der Waals surface area contributed by atoms with E-state index in [9.17, 15) is 0 Å². The van der Waals surface area contributed by atoms with Crippen LogP contribution in [0.2, 0.25) is 0 Å². The van der Waals surface area contributed by atoms with Crippen molar-refractivity contribution in [2.24, 2.45) is 0 Å². The van der Waals surface area contributed by atoms with Crippen molar-refractivity contribution in [2.75, 3.05) is 4.90 Å². The van der Waals surface area contributed by atoms with Crippen LogP contribution in [0.4, 0.5) is 17.1 Å². The van der Waals surface area contributed by atoms with Gasteiger partial charge < -0.3 is 13.9 Å². The van der Waals surface area contributed by atoms with Crippen molar-refractivity contribution in [3.05, 3.63) is 260 Å². The van der Waals surface area contributed by atoms with Crippen LogP contribution in [0, 0.1) is 0 Å². The molecule has 4 heterocycles. The smallest absolute Gasteiger partial charge is 0.164 e. The Balaban J connectivity index is 0.957. The van der Waals surface area contributed by atoms with Gasteiger partial charge >= 0.3 is 0 Å². The van der Waals surface area contributed by atoms with Crippen LogP contribution in [0.1, 0.15) is 25.0 Å². The molecule has 14 aromatic rings. The molecule has 0 amide bonds. The predicted molar refractivity (Wildman–Crippen MR) is 313 cm³/mol. The second kappa shape index (κ2) is 17.1. The van der Waals surface area contributed by atoms with Gasteiger partial charge in [0.05, 0.1) is 28.1 Å². The largest absolute Gasteiger partial charge is 0.454 e. The number of nitrogens with zero attached hydrogens (tertiary/aromatic N) is 5. The summed E-state index contributed by atoms with van der Waals surface area (Å²) in [5, 5.41) is 7.04. The normalized spacial score (nSPS) is 12.7.